The number of nitrogens with zero attached hydrogens (tertiary/aromatic N) is 4. The molecule has 4 atom stereocenters. The van der Waals surface area contributed by atoms with Crippen LogP contribution in [0.4, 0.5) is 0 Å². The molecule has 10 nitrogen and oxygen atoms in total. The van der Waals surface area contributed by atoms with Crippen LogP contribution in [-0.2, 0) is 40.9 Å². The molecule has 4 unspecified atom stereocenters. The van der Waals surface area contributed by atoms with E-state index in [4.69, 9.17) is 0 Å². The highest BCUT2D eigenvalue weighted by atomic mass is 32.2. The summed E-state index contributed by atoms with van der Waals surface area (Å²) >= 11 is 0. The zero-order valence-electron chi connectivity index (χ0n) is 30.0. The molecule has 0 aliphatic heterocycles. The van der Waals surface area contributed by atoms with E-state index in [1.165, 1.54) is 24.3 Å². The van der Waals surface area contributed by atoms with E-state index in [0.717, 1.165) is 88.3 Å². The standard InChI is InChI=1S/C38H54N4O6S2/c1-5-9-32(33-14-18-37(19-15-33)49(43,44)45)11-7-10-31(22-23-41-26-24-39(3)29-41)28-35(34-16-20-38(21-17-34)50(46,47)48)12-8-13-36(6-2)42-27-25-40(4)30-42/h14-21,24-27,29-32,35-36H,5-13,22-23,28H2,1-4H3/p+2. The number of aryl methyl sites for hydroxylation is 3. The Labute approximate surface area is 299 Å². The van der Waals surface area contributed by atoms with E-state index in [2.05, 4.69) is 58.8 Å². The van der Waals surface area contributed by atoms with Crippen molar-refractivity contribution in [1.82, 2.24) is 9.13 Å². The number of hydrogen-bond donors (Lipinski definition) is 2. The number of aromatic nitrogens is 4. The van der Waals surface area contributed by atoms with Crippen LogP contribution in [0.2, 0.25) is 0 Å². The Morgan fingerprint density at radius 2 is 1.20 bits per heavy atom. The van der Waals surface area contributed by atoms with Crippen LogP contribution in [0, 0.1) is 5.92 Å². The SMILES string of the molecule is CCCC(CCCC(CC[n+]1ccn(C)c1)CC(CCCC(CC)[n+]1ccn(C)c1)c1ccc(S(=O)(=O)O)cc1)c1ccc(S(=O)(=O)O)cc1. The molecule has 2 aromatic carbocycles. The lowest BCUT2D eigenvalue weighted by atomic mass is 9.80. The first-order chi connectivity index (χ1) is 23.8. The van der Waals surface area contributed by atoms with Crippen molar-refractivity contribution in [1.29, 1.82) is 0 Å². The summed E-state index contributed by atoms with van der Waals surface area (Å²) in [6, 6.07) is 13.8. The molecule has 0 aliphatic carbocycles. The van der Waals surface area contributed by atoms with Gasteiger partial charge in [-0.15, -0.1) is 0 Å². The minimum absolute atomic E-state index is 0.0849. The Kier molecular flexibility index (Phi) is 14.4. The average Bonchev–Trinajstić information content (AvgIpc) is 3.71. The second-order valence-corrected chi connectivity index (χ2v) is 16.8. The summed E-state index contributed by atoms with van der Waals surface area (Å²) in [6.45, 7) is 5.29. The Morgan fingerprint density at radius 1 is 0.660 bits per heavy atom. The van der Waals surface area contributed by atoms with Gasteiger partial charge in [-0.25, -0.2) is 18.3 Å². The van der Waals surface area contributed by atoms with Gasteiger partial charge in [0.05, 0.1) is 30.4 Å². The number of rotatable bonds is 21. The largest absolute Gasteiger partial charge is 0.294 e. The molecule has 50 heavy (non-hydrogen) atoms. The fourth-order valence-electron chi connectivity index (χ4n) is 7.32. The van der Waals surface area contributed by atoms with E-state index in [1.54, 1.807) is 0 Å². The third-order valence-electron chi connectivity index (χ3n) is 10.1. The molecule has 2 N–H and O–H groups in total. The van der Waals surface area contributed by atoms with Gasteiger partial charge in [-0.1, -0.05) is 57.4 Å². The van der Waals surface area contributed by atoms with E-state index in [0.29, 0.717) is 17.9 Å². The summed E-state index contributed by atoms with van der Waals surface area (Å²) in [5.74, 6) is 0.947. The molecule has 0 radical (unpaired) electrons. The zero-order chi connectivity index (χ0) is 36.3. The van der Waals surface area contributed by atoms with Gasteiger partial charge in [0.25, 0.3) is 20.2 Å². The number of hydrogen-bond acceptors (Lipinski definition) is 4. The molecule has 0 saturated carbocycles. The second-order valence-electron chi connectivity index (χ2n) is 13.9. The van der Waals surface area contributed by atoms with Gasteiger partial charge in [-0.3, -0.25) is 9.11 Å². The minimum atomic E-state index is -4.28. The van der Waals surface area contributed by atoms with Gasteiger partial charge in [0.1, 0.15) is 30.8 Å². The van der Waals surface area contributed by atoms with Crippen LogP contribution in [0.25, 0.3) is 0 Å². The number of imidazole rings is 2. The van der Waals surface area contributed by atoms with Crippen molar-refractivity contribution in [2.24, 2.45) is 20.0 Å². The van der Waals surface area contributed by atoms with Crippen molar-refractivity contribution in [3.05, 3.63) is 97.1 Å². The fraction of sp³-hybridized carbons (Fsp3) is 0.526. The van der Waals surface area contributed by atoms with Crippen molar-refractivity contribution in [3.8, 4) is 0 Å². The molecule has 4 rings (SSSR count). The van der Waals surface area contributed by atoms with Gasteiger partial charge in [0.2, 0.25) is 12.7 Å². The van der Waals surface area contributed by atoms with Gasteiger partial charge in [0.15, 0.2) is 0 Å². The first-order valence-electron chi connectivity index (χ1n) is 17.9. The van der Waals surface area contributed by atoms with Gasteiger partial charge in [-0.05, 0) is 105 Å². The lowest BCUT2D eigenvalue weighted by Crippen LogP contribution is -2.37. The van der Waals surface area contributed by atoms with Gasteiger partial charge < -0.3 is 0 Å². The van der Waals surface area contributed by atoms with Crippen LogP contribution in [0.5, 0.6) is 0 Å². The molecule has 12 heteroatoms. The molecule has 274 valence electrons. The average molecular weight is 729 g/mol. The predicted molar refractivity (Wildman–Crippen MR) is 194 cm³/mol. The molecule has 0 fully saturated rings. The van der Waals surface area contributed by atoms with Gasteiger partial charge in [0, 0.05) is 0 Å². The lowest BCUT2D eigenvalue weighted by Gasteiger charge is -2.25. The summed E-state index contributed by atoms with van der Waals surface area (Å²) < 4.78 is 74.5. The van der Waals surface area contributed by atoms with Crippen LogP contribution in [0.15, 0.2) is 95.8 Å². The molecule has 0 amide bonds. The maximum atomic E-state index is 11.8. The van der Waals surface area contributed by atoms with E-state index < -0.39 is 20.2 Å². The number of benzene rings is 2. The zero-order valence-corrected chi connectivity index (χ0v) is 31.6. The van der Waals surface area contributed by atoms with Crippen molar-refractivity contribution in [2.45, 2.75) is 119 Å². The Bertz CT molecular complexity index is 1830. The van der Waals surface area contributed by atoms with Crippen LogP contribution in [0.3, 0.4) is 0 Å². The van der Waals surface area contributed by atoms with E-state index in [1.807, 2.05) is 49.1 Å². The van der Waals surface area contributed by atoms with E-state index >= 15 is 0 Å². The Balaban J connectivity index is 1.52. The van der Waals surface area contributed by atoms with Crippen molar-refractivity contribution < 1.29 is 35.1 Å². The molecule has 2 heterocycles. The smallest absolute Gasteiger partial charge is 0.282 e. The van der Waals surface area contributed by atoms with Crippen molar-refractivity contribution >= 4 is 20.2 Å². The normalized spacial score (nSPS) is 14.8. The molecule has 0 saturated heterocycles. The van der Waals surface area contributed by atoms with Crippen LogP contribution in [0.1, 0.15) is 113 Å². The van der Waals surface area contributed by atoms with Crippen LogP contribution >= 0.6 is 0 Å². The summed E-state index contributed by atoms with van der Waals surface area (Å²) in [5.41, 5.74) is 2.19. The third kappa shape index (κ3) is 11.9. The maximum absolute atomic E-state index is 11.8. The Hall–Kier alpha value is -3.32. The molecule has 2 aromatic heterocycles. The molecule has 0 aliphatic rings. The summed E-state index contributed by atoms with van der Waals surface area (Å²) in [5, 5.41) is 0. The van der Waals surface area contributed by atoms with Crippen molar-refractivity contribution in [3.63, 3.8) is 0 Å². The summed E-state index contributed by atoms with van der Waals surface area (Å²) in [6.07, 6.45) is 23.7. The second kappa shape index (κ2) is 18.3. The lowest BCUT2D eigenvalue weighted by molar-refractivity contribution is -0.723. The first-order valence-corrected chi connectivity index (χ1v) is 20.8. The minimum Gasteiger partial charge on any atom is -0.282 e. The van der Waals surface area contributed by atoms with Crippen molar-refractivity contribution in [2.75, 3.05) is 0 Å². The molecular formula is C38H56N4O6S2+2. The fourth-order valence-corrected chi connectivity index (χ4v) is 8.28. The van der Waals surface area contributed by atoms with E-state index in [-0.39, 0.29) is 15.7 Å². The highest BCUT2D eigenvalue weighted by Crippen LogP contribution is 2.36. The van der Waals surface area contributed by atoms with Gasteiger partial charge >= 0.3 is 0 Å². The Morgan fingerprint density at radius 3 is 1.70 bits per heavy atom. The quantitative estimate of drug-likeness (QED) is 0.0691. The summed E-state index contributed by atoms with van der Waals surface area (Å²) in [4.78, 5) is -0.173. The predicted octanol–water partition coefficient (Wildman–Crippen LogP) is 7.19. The molecular weight excluding hydrogens is 673 g/mol. The highest BCUT2D eigenvalue weighted by molar-refractivity contribution is 7.86. The third-order valence-corrected chi connectivity index (χ3v) is 11.8. The molecule has 0 bridgehead atoms. The maximum Gasteiger partial charge on any atom is 0.294 e. The summed E-state index contributed by atoms with van der Waals surface area (Å²) in [7, 11) is -4.45. The monoisotopic (exact) mass is 728 g/mol. The first kappa shape index (κ1) is 39.5. The highest BCUT2D eigenvalue weighted by Gasteiger charge is 2.23. The molecule has 4 aromatic rings. The van der Waals surface area contributed by atoms with Gasteiger partial charge in [-0.2, -0.15) is 16.8 Å². The topological polar surface area (TPSA) is 126 Å². The molecule has 0 spiro atoms. The van der Waals surface area contributed by atoms with E-state index in [9.17, 15) is 25.9 Å². The van der Waals surface area contributed by atoms with Crippen LogP contribution < -0.4 is 9.13 Å². The van der Waals surface area contributed by atoms with Crippen LogP contribution in [-0.4, -0.2) is 35.1 Å².